The van der Waals surface area contributed by atoms with E-state index in [9.17, 15) is 9.59 Å². The largest absolute Gasteiger partial charge is 0.452 e. The van der Waals surface area contributed by atoms with Crippen LogP contribution in [0.4, 0.5) is 5.69 Å². The Labute approximate surface area is 137 Å². The van der Waals surface area contributed by atoms with E-state index in [0.717, 1.165) is 22.1 Å². The maximum atomic E-state index is 11.9. The number of benzene rings is 2. The van der Waals surface area contributed by atoms with Crippen molar-refractivity contribution in [2.24, 2.45) is 0 Å². The lowest BCUT2D eigenvalue weighted by atomic mass is 10.1. The van der Waals surface area contributed by atoms with Gasteiger partial charge < -0.3 is 10.1 Å². The lowest BCUT2D eigenvalue weighted by Gasteiger charge is -2.10. The first-order chi connectivity index (χ1) is 10.6. The third-order valence-corrected chi connectivity index (χ3v) is 3.56. The first-order valence-electron chi connectivity index (χ1n) is 6.90. The summed E-state index contributed by atoms with van der Waals surface area (Å²) in [6.07, 6.45) is 0.791. The summed E-state index contributed by atoms with van der Waals surface area (Å²) in [6, 6.07) is 14.2. The molecule has 0 unspecified atom stereocenters. The lowest BCUT2D eigenvalue weighted by Crippen LogP contribution is -2.21. The Morgan fingerprint density at radius 2 is 1.86 bits per heavy atom. The molecule has 0 heterocycles. The number of esters is 1. The molecular weight excluding hydrogens is 346 g/mol. The van der Waals surface area contributed by atoms with Crippen LogP contribution in [-0.2, 0) is 16.0 Å². The highest BCUT2D eigenvalue weighted by Gasteiger charge is 2.11. The fourth-order valence-electron chi connectivity index (χ4n) is 1.95. The van der Waals surface area contributed by atoms with Crippen LogP contribution < -0.4 is 5.32 Å². The predicted molar refractivity (Wildman–Crippen MR) is 88.9 cm³/mol. The highest BCUT2D eigenvalue weighted by atomic mass is 79.9. The second-order valence-electron chi connectivity index (χ2n) is 4.65. The van der Waals surface area contributed by atoms with E-state index in [1.807, 2.05) is 31.2 Å². The van der Waals surface area contributed by atoms with Crippen LogP contribution in [0.25, 0.3) is 0 Å². The highest BCUT2D eigenvalue weighted by molar-refractivity contribution is 9.10. The second-order valence-corrected chi connectivity index (χ2v) is 5.56. The monoisotopic (exact) mass is 361 g/mol. The van der Waals surface area contributed by atoms with E-state index in [2.05, 4.69) is 21.2 Å². The zero-order valence-corrected chi connectivity index (χ0v) is 13.7. The zero-order valence-electron chi connectivity index (χ0n) is 12.1. The number of aryl methyl sites for hydroxylation is 1. The molecule has 0 aliphatic carbocycles. The Kier molecular flexibility index (Phi) is 5.72. The first kappa shape index (κ1) is 16.2. The van der Waals surface area contributed by atoms with E-state index in [1.165, 1.54) is 0 Å². The van der Waals surface area contributed by atoms with Crippen molar-refractivity contribution in [3.63, 3.8) is 0 Å². The van der Waals surface area contributed by atoms with Gasteiger partial charge in [0.15, 0.2) is 6.61 Å². The molecule has 1 amide bonds. The first-order valence-corrected chi connectivity index (χ1v) is 7.70. The lowest BCUT2D eigenvalue weighted by molar-refractivity contribution is -0.119. The third-order valence-electron chi connectivity index (χ3n) is 3.07. The Morgan fingerprint density at radius 1 is 1.14 bits per heavy atom. The molecule has 0 aromatic heterocycles. The van der Waals surface area contributed by atoms with Gasteiger partial charge in [-0.05, 0) is 42.3 Å². The molecular formula is C17H16BrNO3. The van der Waals surface area contributed by atoms with Gasteiger partial charge in [-0.3, -0.25) is 4.79 Å². The Balaban J connectivity index is 1.92. The normalized spacial score (nSPS) is 10.1. The summed E-state index contributed by atoms with van der Waals surface area (Å²) in [6.45, 7) is 1.69. The standard InChI is InChI=1S/C17H16BrNO3/c1-2-12-10-14(18)8-9-15(12)19-16(20)11-22-17(21)13-6-4-3-5-7-13/h3-10H,2,11H2,1H3,(H,19,20). The molecule has 2 rings (SSSR count). The number of hydrogen-bond donors (Lipinski definition) is 1. The van der Waals surface area contributed by atoms with Crippen molar-refractivity contribution in [3.05, 3.63) is 64.1 Å². The third kappa shape index (κ3) is 4.43. The van der Waals surface area contributed by atoms with Crippen LogP contribution in [-0.4, -0.2) is 18.5 Å². The number of hydrogen-bond acceptors (Lipinski definition) is 3. The van der Waals surface area contributed by atoms with Crippen molar-refractivity contribution < 1.29 is 14.3 Å². The van der Waals surface area contributed by atoms with Gasteiger partial charge in [0.1, 0.15) is 0 Å². The van der Waals surface area contributed by atoms with Gasteiger partial charge in [0.25, 0.3) is 5.91 Å². The second kappa shape index (κ2) is 7.75. The fourth-order valence-corrected chi connectivity index (χ4v) is 2.36. The fraction of sp³-hybridized carbons (Fsp3) is 0.176. The molecule has 0 atom stereocenters. The van der Waals surface area contributed by atoms with E-state index >= 15 is 0 Å². The smallest absolute Gasteiger partial charge is 0.338 e. The van der Waals surface area contributed by atoms with Crippen LogP contribution in [0.2, 0.25) is 0 Å². The van der Waals surface area contributed by atoms with Crippen LogP contribution >= 0.6 is 15.9 Å². The van der Waals surface area contributed by atoms with Gasteiger partial charge in [0, 0.05) is 10.2 Å². The van der Waals surface area contributed by atoms with Crippen molar-refractivity contribution >= 4 is 33.5 Å². The van der Waals surface area contributed by atoms with Crippen LogP contribution in [0.3, 0.4) is 0 Å². The molecule has 0 fully saturated rings. The molecule has 22 heavy (non-hydrogen) atoms. The Bertz CT molecular complexity index is 671. The maximum absolute atomic E-state index is 11.9. The van der Waals surface area contributed by atoms with E-state index in [4.69, 9.17) is 4.74 Å². The summed E-state index contributed by atoms with van der Waals surface area (Å²) < 4.78 is 5.96. The van der Waals surface area contributed by atoms with E-state index < -0.39 is 5.97 Å². The Hall–Kier alpha value is -2.14. The van der Waals surface area contributed by atoms with E-state index in [1.54, 1.807) is 24.3 Å². The van der Waals surface area contributed by atoms with Gasteiger partial charge in [-0.25, -0.2) is 4.79 Å². The van der Waals surface area contributed by atoms with Crippen molar-refractivity contribution in [1.29, 1.82) is 0 Å². The Morgan fingerprint density at radius 3 is 2.55 bits per heavy atom. The molecule has 4 nitrogen and oxygen atoms in total. The summed E-state index contributed by atoms with van der Waals surface area (Å²) >= 11 is 3.40. The minimum atomic E-state index is -0.512. The van der Waals surface area contributed by atoms with Crippen LogP contribution in [0.15, 0.2) is 53.0 Å². The number of anilines is 1. The van der Waals surface area contributed by atoms with Crippen LogP contribution in [0.5, 0.6) is 0 Å². The SMILES string of the molecule is CCc1cc(Br)ccc1NC(=O)COC(=O)c1ccccc1. The summed E-state index contributed by atoms with van der Waals surface area (Å²) in [5.41, 5.74) is 2.16. The average Bonchev–Trinajstić information content (AvgIpc) is 2.55. The summed E-state index contributed by atoms with van der Waals surface area (Å²) in [7, 11) is 0. The predicted octanol–water partition coefficient (Wildman–Crippen LogP) is 3.81. The van der Waals surface area contributed by atoms with E-state index in [0.29, 0.717) is 5.56 Å². The number of rotatable bonds is 5. The topological polar surface area (TPSA) is 55.4 Å². The molecule has 0 radical (unpaired) electrons. The number of halogens is 1. The number of ether oxygens (including phenoxy) is 1. The summed E-state index contributed by atoms with van der Waals surface area (Å²) in [4.78, 5) is 23.7. The van der Waals surface area contributed by atoms with Crippen molar-refractivity contribution in [1.82, 2.24) is 0 Å². The van der Waals surface area contributed by atoms with Crippen LogP contribution in [0.1, 0.15) is 22.8 Å². The molecule has 0 spiro atoms. The van der Waals surface area contributed by atoms with Gasteiger partial charge in [-0.15, -0.1) is 0 Å². The van der Waals surface area contributed by atoms with Crippen LogP contribution in [0, 0.1) is 0 Å². The van der Waals surface area contributed by atoms with E-state index in [-0.39, 0.29) is 12.5 Å². The maximum Gasteiger partial charge on any atom is 0.338 e. The molecule has 114 valence electrons. The van der Waals surface area contributed by atoms with Gasteiger partial charge in [-0.1, -0.05) is 41.1 Å². The quantitative estimate of drug-likeness (QED) is 0.823. The highest BCUT2D eigenvalue weighted by Crippen LogP contribution is 2.21. The van der Waals surface area contributed by atoms with Gasteiger partial charge in [0.05, 0.1) is 5.56 Å². The van der Waals surface area contributed by atoms with Crippen molar-refractivity contribution in [2.45, 2.75) is 13.3 Å². The minimum Gasteiger partial charge on any atom is -0.452 e. The molecule has 2 aromatic rings. The minimum absolute atomic E-state index is 0.313. The number of carbonyl (C=O) groups is 2. The summed E-state index contributed by atoms with van der Waals surface area (Å²) in [5.74, 6) is -0.872. The number of nitrogens with one attached hydrogen (secondary N) is 1. The molecule has 0 aliphatic rings. The van der Waals surface area contributed by atoms with Crippen molar-refractivity contribution in [3.8, 4) is 0 Å². The van der Waals surface area contributed by atoms with Gasteiger partial charge in [-0.2, -0.15) is 0 Å². The zero-order chi connectivity index (χ0) is 15.9. The molecule has 2 aromatic carbocycles. The number of amides is 1. The summed E-state index contributed by atoms with van der Waals surface area (Å²) in [5, 5.41) is 2.76. The molecule has 0 saturated heterocycles. The van der Waals surface area contributed by atoms with Gasteiger partial charge in [0.2, 0.25) is 0 Å². The molecule has 5 heteroatoms. The van der Waals surface area contributed by atoms with Crippen molar-refractivity contribution in [2.75, 3.05) is 11.9 Å². The van der Waals surface area contributed by atoms with Gasteiger partial charge >= 0.3 is 5.97 Å². The number of carbonyl (C=O) groups excluding carboxylic acids is 2. The molecule has 0 aliphatic heterocycles. The average molecular weight is 362 g/mol. The molecule has 0 bridgehead atoms. The molecule has 0 saturated carbocycles. The molecule has 1 N–H and O–H groups in total.